The average molecular weight is 385 g/mol. The van der Waals surface area contributed by atoms with Crippen molar-refractivity contribution in [2.75, 3.05) is 5.32 Å². The third-order valence-electron chi connectivity index (χ3n) is 3.40. The smallest absolute Gasteiger partial charge is 0.270 e. The van der Waals surface area contributed by atoms with Gasteiger partial charge in [0.2, 0.25) is 0 Å². The number of nitrogens with one attached hydrogen (secondary N) is 1. The molecule has 0 radical (unpaired) electrons. The van der Waals surface area contributed by atoms with Crippen molar-refractivity contribution in [3.05, 3.63) is 49.8 Å². The van der Waals surface area contributed by atoms with Gasteiger partial charge in [0.15, 0.2) is 0 Å². The number of thioether (sulfide) groups is 1. The van der Waals surface area contributed by atoms with Gasteiger partial charge in [-0.1, -0.05) is 6.92 Å². The molecule has 110 valence electrons. The fourth-order valence-electron chi connectivity index (χ4n) is 2.41. The summed E-state index contributed by atoms with van der Waals surface area (Å²) in [4.78, 5) is 10.4. The molecule has 21 heavy (non-hydrogen) atoms. The lowest BCUT2D eigenvalue weighted by Crippen LogP contribution is -2.19. The third kappa shape index (κ3) is 3.09. The molecule has 1 N–H and O–H groups in total. The van der Waals surface area contributed by atoms with Crippen LogP contribution in [0.3, 0.4) is 0 Å². The number of non-ortho nitro benzene ring substituents is 1. The Morgan fingerprint density at radius 2 is 2.24 bits per heavy atom. The van der Waals surface area contributed by atoms with Gasteiger partial charge in [-0.15, -0.1) is 23.1 Å². The fourth-order valence-corrected chi connectivity index (χ4v) is 5.46. The van der Waals surface area contributed by atoms with E-state index in [4.69, 9.17) is 0 Å². The van der Waals surface area contributed by atoms with E-state index in [0.717, 1.165) is 16.6 Å². The van der Waals surface area contributed by atoms with E-state index in [-0.39, 0.29) is 16.7 Å². The Kier molecular flexibility index (Phi) is 4.24. The van der Waals surface area contributed by atoms with Crippen molar-refractivity contribution in [1.82, 2.24) is 0 Å². The summed E-state index contributed by atoms with van der Waals surface area (Å²) < 4.78 is 2.09. The van der Waals surface area contributed by atoms with Gasteiger partial charge in [0.25, 0.3) is 5.69 Å². The second-order valence-electron chi connectivity index (χ2n) is 4.95. The van der Waals surface area contributed by atoms with Crippen LogP contribution in [0.2, 0.25) is 0 Å². The highest BCUT2D eigenvalue weighted by Crippen LogP contribution is 2.45. The van der Waals surface area contributed by atoms with Crippen molar-refractivity contribution in [3.8, 4) is 0 Å². The Morgan fingerprint density at radius 3 is 2.95 bits per heavy atom. The molecule has 0 bridgehead atoms. The number of hydrogen-bond donors (Lipinski definition) is 1. The predicted octanol–water partition coefficient (Wildman–Crippen LogP) is 5.46. The van der Waals surface area contributed by atoms with Crippen LogP contribution in [-0.2, 0) is 0 Å². The summed E-state index contributed by atoms with van der Waals surface area (Å²) in [6.45, 7) is 2.23. The monoisotopic (exact) mass is 384 g/mol. The number of nitrogens with zero attached hydrogens (tertiary/aromatic N) is 1. The molecule has 0 spiro atoms. The molecule has 2 atom stereocenters. The van der Waals surface area contributed by atoms with E-state index in [2.05, 4.69) is 39.6 Å². The van der Waals surface area contributed by atoms with Gasteiger partial charge in [-0.2, -0.15) is 0 Å². The molecule has 0 saturated carbocycles. The van der Waals surface area contributed by atoms with Crippen LogP contribution in [0.1, 0.15) is 24.9 Å². The van der Waals surface area contributed by atoms with Crippen molar-refractivity contribution in [2.24, 2.45) is 0 Å². The molecule has 1 aromatic heterocycles. The van der Waals surface area contributed by atoms with Gasteiger partial charge in [0.1, 0.15) is 0 Å². The second-order valence-corrected chi connectivity index (χ2v) is 8.42. The highest BCUT2D eigenvalue weighted by molar-refractivity contribution is 9.10. The number of thiophene rings is 1. The van der Waals surface area contributed by atoms with Crippen LogP contribution in [0.4, 0.5) is 11.4 Å². The normalized spacial score (nSPS) is 20.9. The first-order valence-electron chi connectivity index (χ1n) is 6.49. The summed E-state index contributed by atoms with van der Waals surface area (Å²) in [5.41, 5.74) is 2.31. The molecule has 0 amide bonds. The maximum atomic E-state index is 10.8. The average Bonchev–Trinajstić information content (AvgIpc) is 2.88. The lowest BCUT2D eigenvalue weighted by atomic mass is 10.0. The van der Waals surface area contributed by atoms with Gasteiger partial charge >= 0.3 is 0 Å². The first kappa shape index (κ1) is 14.9. The molecule has 2 aromatic rings. The van der Waals surface area contributed by atoms with Crippen LogP contribution in [-0.4, -0.2) is 10.2 Å². The Morgan fingerprint density at radius 1 is 1.43 bits per heavy atom. The van der Waals surface area contributed by atoms with E-state index >= 15 is 0 Å². The number of halogens is 1. The van der Waals surface area contributed by atoms with E-state index in [0.29, 0.717) is 5.25 Å². The second kappa shape index (κ2) is 5.98. The topological polar surface area (TPSA) is 55.2 Å². The van der Waals surface area contributed by atoms with Gasteiger partial charge < -0.3 is 5.32 Å². The van der Waals surface area contributed by atoms with Gasteiger partial charge in [0.05, 0.1) is 15.2 Å². The molecule has 0 fully saturated rings. The molecule has 1 aliphatic rings. The highest BCUT2D eigenvalue weighted by atomic mass is 79.9. The minimum Gasteiger partial charge on any atom is -0.377 e. The maximum Gasteiger partial charge on any atom is 0.270 e. The third-order valence-corrected chi connectivity index (χ3v) is 6.40. The van der Waals surface area contributed by atoms with Crippen LogP contribution < -0.4 is 5.32 Å². The quantitative estimate of drug-likeness (QED) is 0.563. The van der Waals surface area contributed by atoms with E-state index in [1.165, 1.54) is 21.9 Å². The first-order chi connectivity index (χ1) is 10.0. The van der Waals surface area contributed by atoms with Crippen molar-refractivity contribution >= 4 is 50.4 Å². The van der Waals surface area contributed by atoms with E-state index in [1.54, 1.807) is 17.4 Å². The Labute approximate surface area is 139 Å². The van der Waals surface area contributed by atoms with Crippen LogP contribution >= 0.6 is 39.0 Å². The minimum atomic E-state index is -0.384. The molecule has 4 nitrogen and oxygen atoms in total. The molecule has 2 heterocycles. The molecule has 0 saturated heterocycles. The zero-order chi connectivity index (χ0) is 15.0. The fraction of sp³-hybridized carbons (Fsp3) is 0.286. The Hall–Kier alpha value is -1.05. The maximum absolute atomic E-state index is 10.8. The van der Waals surface area contributed by atoms with Gasteiger partial charge in [0, 0.05) is 27.5 Å². The summed E-state index contributed by atoms with van der Waals surface area (Å²) in [5.74, 6) is 0. The minimum absolute atomic E-state index is 0.0937. The summed E-state index contributed by atoms with van der Waals surface area (Å²) in [6, 6.07) is 7.25. The Bertz CT molecular complexity index is 689. The lowest BCUT2D eigenvalue weighted by molar-refractivity contribution is -0.384. The lowest BCUT2D eigenvalue weighted by Gasteiger charge is -2.28. The predicted molar refractivity (Wildman–Crippen MR) is 91.4 cm³/mol. The molecule has 0 aliphatic carbocycles. The molecule has 1 unspecified atom stereocenters. The number of fused-ring (bicyclic) bond motifs is 1. The zero-order valence-corrected chi connectivity index (χ0v) is 14.4. The summed E-state index contributed by atoms with van der Waals surface area (Å²) in [7, 11) is 0. The zero-order valence-electron chi connectivity index (χ0n) is 11.2. The van der Waals surface area contributed by atoms with E-state index in [1.807, 2.05) is 11.8 Å². The summed E-state index contributed by atoms with van der Waals surface area (Å²) >= 11 is 7.12. The van der Waals surface area contributed by atoms with Crippen molar-refractivity contribution < 1.29 is 4.92 Å². The number of nitro benzene ring substituents is 1. The molecule has 1 aliphatic heterocycles. The van der Waals surface area contributed by atoms with Gasteiger partial charge in [-0.05, 0) is 45.4 Å². The van der Waals surface area contributed by atoms with Gasteiger partial charge in [-0.3, -0.25) is 10.1 Å². The molecule has 3 rings (SSSR count). The molecule has 7 heteroatoms. The van der Waals surface area contributed by atoms with Crippen LogP contribution in [0.15, 0.2) is 38.3 Å². The largest absolute Gasteiger partial charge is 0.377 e. The van der Waals surface area contributed by atoms with Crippen molar-refractivity contribution in [1.29, 1.82) is 0 Å². The Balaban J connectivity index is 1.86. The van der Waals surface area contributed by atoms with E-state index < -0.39 is 0 Å². The standard InChI is InChI=1S/C14H13BrN2O2S2/c1-8-6-13(10-4-5-20-14(10)21-8)16-12-3-2-9(17(18)19)7-11(12)15/h2-5,7-8,13,16H,6H2,1H3/t8-,13?/m0/s1. The van der Waals surface area contributed by atoms with Crippen LogP contribution in [0.25, 0.3) is 0 Å². The number of rotatable bonds is 3. The number of benzene rings is 1. The van der Waals surface area contributed by atoms with Crippen molar-refractivity contribution in [3.63, 3.8) is 0 Å². The molecule has 1 aromatic carbocycles. The van der Waals surface area contributed by atoms with E-state index in [9.17, 15) is 10.1 Å². The number of anilines is 1. The summed E-state index contributed by atoms with van der Waals surface area (Å²) in [6.07, 6.45) is 1.04. The molecular weight excluding hydrogens is 372 g/mol. The van der Waals surface area contributed by atoms with Gasteiger partial charge in [-0.25, -0.2) is 0 Å². The molecular formula is C14H13BrN2O2S2. The summed E-state index contributed by atoms with van der Waals surface area (Å²) in [5, 5.41) is 17.0. The highest BCUT2D eigenvalue weighted by Gasteiger charge is 2.26. The number of nitro groups is 1. The SMILES string of the molecule is C[C@H]1CC(Nc2ccc([N+](=O)[O-])cc2Br)c2ccsc2S1. The first-order valence-corrected chi connectivity index (χ1v) is 9.04. The van der Waals surface area contributed by atoms with Crippen LogP contribution in [0, 0.1) is 10.1 Å². The van der Waals surface area contributed by atoms with Crippen LogP contribution in [0.5, 0.6) is 0 Å². The number of hydrogen-bond acceptors (Lipinski definition) is 5. The van der Waals surface area contributed by atoms with Crippen molar-refractivity contribution in [2.45, 2.75) is 28.8 Å².